The lowest BCUT2D eigenvalue weighted by Gasteiger charge is -2.19. The van der Waals surface area contributed by atoms with E-state index in [0.29, 0.717) is 11.6 Å². The van der Waals surface area contributed by atoms with E-state index in [1.807, 2.05) is 34.9 Å². The number of nitrogens with one attached hydrogen (secondary N) is 1. The lowest BCUT2D eigenvalue weighted by atomic mass is 10.1. The van der Waals surface area contributed by atoms with Gasteiger partial charge in [-0.1, -0.05) is 6.07 Å². The van der Waals surface area contributed by atoms with E-state index in [0.717, 1.165) is 22.7 Å². The molecule has 0 aliphatic carbocycles. The molecule has 1 aliphatic rings. The number of carbonyl (C=O) groups excluding carboxylic acids is 1. The van der Waals surface area contributed by atoms with Gasteiger partial charge in [0.05, 0.1) is 30.9 Å². The Balaban J connectivity index is 1.83. The van der Waals surface area contributed by atoms with E-state index in [2.05, 4.69) is 10.3 Å². The molecule has 2 N–H and O–H groups in total. The standard InChI is InChI=1S/C20H19N3O4S/c1-26-14-6-4-13(5-7-14)23-11-21-20-18(23)19(28-10-17(25)22-20)12-3-8-16(27-2)15(24)9-12/h3-9,11,19,24H,10H2,1-2H3,(H,22,25)/t19-/m1/s1. The molecule has 0 unspecified atom stereocenters. The van der Waals surface area contributed by atoms with Crippen molar-refractivity contribution in [3.8, 4) is 22.9 Å². The molecule has 28 heavy (non-hydrogen) atoms. The van der Waals surface area contributed by atoms with Gasteiger partial charge in [0.15, 0.2) is 17.3 Å². The number of rotatable bonds is 4. The normalized spacial score (nSPS) is 16.1. The molecule has 7 nitrogen and oxygen atoms in total. The van der Waals surface area contributed by atoms with Crippen LogP contribution in [0.1, 0.15) is 16.5 Å². The topological polar surface area (TPSA) is 85.6 Å². The number of aromatic nitrogens is 2. The average molecular weight is 397 g/mol. The first-order valence-electron chi connectivity index (χ1n) is 8.60. The number of amides is 1. The first-order chi connectivity index (χ1) is 13.6. The number of hydrogen-bond donors (Lipinski definition) is 2. The Morgan fingerprint density at radius 1 is 1.18 bits per heavy atom. The van der Waals surface area contributed by atoms with Gasteiger partial charge < -0.3 is 19.9 Å². The summed E-state index contributed by atoms with van der Waals surface area (Å²) >= 11 is 1.48. The van der Waals surface area contributed by atoms with Gasteiger partial charge in [0.2, 0.25) is 5.91 Å². The third-order valence-electron chi connectivity index (χ3n) is 4.55. The Bertz CT molecular complexity index is 1020. The number of ether oxygens (including phenoxy) is 2. The maximum Gasteiger partial charge on any atom is 0.235 e. The largest absolute Gasteiger partial charge is 0.504 e. The highest BCUT2D eigenvalue weighted by Crippen LogP contribution is 2.44. The molecule has 1 aliphatic heterocycles. The van der Waals surface area contributed by atoms with Crippen molar-refractivity contribution in [2.75, 3.05) is 25.3 Å². The van der Waals surface area contributed by atoms with Gasteiger partial charge in [-0.25, -0.2) is 4.98 Å². The van der Waals surface area contributed by atoms with Crippen molar-refractivity contribution >= 4 is 23.5 Å². The molecule has 2 heterocycles. The molecule has 0 fully saturated rings. The smallest absolute Gasteiger partial charge is 0.235 e. The third kappa shape index (κ3) is 3.27. The fourth-order valence-corrected chi connectivity index (χ4v) is 4.30. The molecule has 144 valence electrons. The number of phenolic OH excluding ortho intramolecular Hbond substituents is 1. The summed E-state index contributed by atoms with van der Waals surface area (Å²) in [7, 11) is 3.13. The number of aromatic hydroxyl groups is 1. The fourth-order valence-electron chi connectivity index (χ4n) is 3.18. The van der Waals surface area contributed by atoms with Crippen LogP contribution in [0, 0.1) is 0 Å². The maximum atomic E-state index is 12.2. The number of nitrogens with zero attached hydrogens (tertiary/aromatic N) is 2. The van der Waals surface area contributed by atoms with Crippen LogP contribution in [0.3, 0.4) is 0 Å². The van der Waals surface area contributed by atoms with Gasteiger partial charge in [0, 0.05) is 5.69 Å². The van der Waals surface area contributed by atoms with Crippen molar-refractivity contribution < 1.29 is 19.4 Å². The molecule has 0 saturated carbocycles. The van der Waals surface area contributed by atoms with Crippen molar-refractivity contribution in [2.24, 2.45) is 0 Å². The first-order valence-corrected chi connectivity index (χ1v) is 9.65. The van der Waals surface area contributed by atoms with Gasteiger partial charge in [-0.15, -0.1) is 11.8 Å². The molecule has 4 rings (SSSR count). The highest BCUT2D eigenvalue weighted by molar-refractivity contribution is 8.00. The Morgan fingerprint density at radius 3 is 2.64 bits per heavy atom. The Labute approximate surface area is 166 Å². The lowest BCUT2D eigenvalue weighted by molar-refractivity contribution is -0.113. The summed E-state index contributed by atoms with van der Waals surface area (Å²) < 4.78 is 12.3. The van der Waals surface area contributed by atoms with Gasteiger partial charge >= 0.3 is 0 Å². The zero-order valence-corrected chi connectivity index (χ0v) is 16.2. The van der Waals surface area contributed by atoms with Crippen LogP contribution in [0.4, 0.5) is 5.82 Å². The number of methoxy groups -OCH3 is 2. The minimum atomic E-state index is -0.199. The van der Waals surface area contributed by atoms with E-state index in [1.54, 1.807) is 25.6 Å². The molecule has 2 aromatic carbocycles. The van der Waals surface area contributed by atoms with Crippen molar-refractivity contribution in [3.63, 3.8) is 0 Å². The summed E-state index contributed by atoms with van der Waals surface area (Å²) in [6.07, 6.45) is 1.69. The number of imidazole rings is 1. The van der Waals surface area contributed by atoms with E-state index in [4.69, 9.17) is 9.47 Å². The molecule has 3 aromatic rings. The Morgan fingerprint density at radius 2 is 1.96 bits per heavy atom. The zero-order valence-electron chi connectivity index (χ0n) is 15.4. The van der Waals surface area contributed by atoms with Crippen LogP contribution in [-0.2, 0) is 4.79 Å². The van der Waals surface area contributed by atoms with Gasteiger partial charge in [0.25, 0.3) is 0 Å². The quantitative estimate of drug-likeness (QED) is 0.702. The number of fused-ring (bicyclic) bond motifs is 1. The van der Waals surface area contributed by atoms with E-state index < -0.39 is 0 Å². The predicted molar refractivity (Wildman–Crippen MR) is 108 cm³/mol. The van der Waals surface area contributed by atoms with Crippen LogP contribution in [0.25, 0.3) is 5.69 Å². The second kappa shape index (κ2) is 7.47. The molecular weight excluding hydrogens is 378 g/mol. The van der Waals surface area contributed by atoms with Crippen LogP contribution in [-0.4, -0.2) is 40.5 Å². The molecule has 0 radical (unpaired) electrons. The highest BCUT2D eigenvalue weighted by atomic mass is 32.2. The number of benzene rings is 2. The van der Waals surface area contributed by atoms with Gasteiger partial charge in [-0.05, 0) is 42.0 Å². The molecule has 8 heteroatoms. The molecular formula is C20H19N3O4S. The van der Waals surface area contributed by atoms with Gasteiger partial charge in [0.1, 0.15) is 12.1 Å². The second-order valence-corrected chi connectivity index (χ2v) is 7.31. The summed E-state index contributed by atoms with van der Waals surface area (Å²) in [5.41, 5.74) is 2.59. The van der Waals surface area contributed by atoms with Crippen LogP contribution in [0.2, 0.25) is 0 Å². The maximum absolute atomic E-state index is 12.2. The van der Waals surface area contributed by atoms with E-state index in [9.17, 15) is 9.90 Å². The minimum absolute atomic E-state index is 0.0567. The summed E-state index contributed by atoms with van der Waals surface area (Å²) in [4.78, 5) is 16.6. The summed E-state index contributed by atoms with van der Waals surface area (Å²) in [5, 5.41) is 12.9. The van der Waals surface area contributed by atoms with Gasteiger partial charge in [-0.3, -0.25) is 9.36 Å². The number of hydrogen-bond acceptors (Lipinski definition) is 6. The van der Waals surface area contributed by atoms with Crippen molar-refractivity contribution in [2.45, 2.75) is 5.25 Å². The van der Waals surface area contributed by atoms with Crippen molar-refractivity contribution in [1.82, 2.24) is 9.55 Å². The Hall–Kier alpha value is -3.13. The second-order valence-electron chi connectivity index (χ2n) is 6.22. The van der Waals surface area contributed by atoms with E-state index in [1.165, 1.54) is 18.9 Å². The first kappa shape index (κ1) is 18.2. The monoisotopic (exact) mass is 397 g/mol. The molecule has 0 spiro atoms. The van der Waals surface area contributed by atoms with Crippen LogP contribution < -0.4 is 14.8 Å². The van der Waals surface area contributed by atoms with E-state index in [-0.39, 0.29) is 22.7 Å². The molecule has 1 atom stereocenters. The number of anilines is 1. The number of phenols is 1. The average Bonchev–Trinajstić information content (AvgIpc) is 3.03. The summed E-state index contributed by atoms with van der Waals surface area (Å²) in [6, 6.07) is 12.9. The fraction of sp³-hybridized carbons (Fsp3) is 0.200. The third-order valence-corrected chi connectivity index (χ3v) is 5.81. The lowest BCUT2D eigenvalue weighted by Crippen LogP contribution is -2.12. The van der Waals surface area contributed by atoms with Crippen molar-refractivity contribution in [1.29, 1.82) is 0 Å². The summed E-state index contributed by atoms with van der Waals surface area (Å²) in [5.74, 6) is 1.92. The molecule has 1 amide bonds. The summed E-state index contributed by atoms with van der Waals surface area (Å²) in [6.45, 7) is 0. The van der Waals surface area contributed by atoms with Crippen LogP contribution in [0.5, 0.6) is 17.2 Å². The predicted octanol–water partition coefficient (Wildman–Crippen LogP) is 3.37. The van der Waals surface area contributed by atoms with Crippen molar-refractivity contribution in [3.05, 3.63) is 60.0 Å². The highest BCUT2D eigenvalue weighted by Gasteiger charge is 2.29. The van der Waals surface area contributed by atoms with Crippen LogP contribution in [0.15, 0.2) is 48.8 Å². The minimum Gasteiger partial charge on any atom is -0.504 e. The van der Waals surface area contributed by atoms with Gasteiger partial charge in [-0.2, -0.15) is 0 Å². The molecule has 0 bridgehead atoms. The van der Waals surface area contributed by atoms with E-state index >= 15 is 0 Å². The van der Waals surface area contributed by atoms with Crippen LogP contribution >= 0.6 is 11.8 Å². The molecule has 1 aromatic heterocycles. The Kier molecular flexibility index (Phi) is 4.87. The number of thioether (sulfide) groups is 1. The molecule has 0 saturated heterocycles. The zero-order chi connectivity index (χ0) is 19.7. The number of carbonyl (C=O) groups is 1. The SMILES string of the molecule is COc1ccc(-n2cnc3c2[C@@H](c2ccc(OC)c(O)c2)SCC(=O)N3)cc1.